The van der Waals surface area contributed by atoms with E-state index in [-0.39, 0.29) is 17.8 Å². The van der Waals surface area contributed by atoms with Crippen LogP contribution in [0.3, 0.4) is 0 Å². The zero-order valence-corrected chi connectivity index (χ0v) is 17.4. The fraction of sp³-hybridized carbons (Fsp3) is 0.333. The zero-order chi connectivity index (χ0) is 19.3. The van der Waals surface area contributed by atoms with E-state index in [1.807, 2.05) is 13.8 Å². The second-order valence-corrected chi connectivity index (χ2v) is 8.05. The molecule has 1 aromatic carbocycles. The highest BCUT2D eigenvalue weighted by Gasteiger charge is 2.34. The molecule has 3 aromatic rings. The standard InChI is InChI=1S/C18H17BrFN5OS/c1-9-8-12(20)4-5-13(9)18(26)24-6-7-25-14(10(24)2)15(19)22-16(25)17-21-11(3)23-27-17/h4-5,8,10H,6-7H2,1-3H3/t10-/m1/s1. The molecule has 6 nitrogen and oxygen atoms in total. The van der Waals surface area contributed by atoms with Gasteiger partial charge in [0.2, 0.25) is 0 Å². The number of nitrogens with zero attached hydrogens (tertiary/aromatic N) is 5. The molecule has 27 heavy (non-hydrogen) atoms. The van der Waals surface area contributed by atoms with E-state index < -0.39 is 0 Å². The topological polar surface area (TPSA) is 63.9 Å². The molecule has 2 aromatic heterocycles. The van der Waals surface area contributed by atoms with Gasteiger partial charge in [-0.2, -0.15) is 4.37 Å². The van der Waals surface area contributed by atoms with Gasteiger partial charge in [0.15, 0.2) is 10.8 Å². The van der Waals surface area contributed by atoms with Crippen LogP contribution >= 0.6 is 27.5 Å². The Hall–Kier alpha value is -2.13. The molecule has 0 unspecified atom stereocenters. The molecular formula is C18H17BrFN5OS. The number of rotatable bonds is 2. The van der Waals surface area contributed by atoms with E-state index in [9.17, 15) is 9.18 Å². The SMILES string of the molecule is Cc1nsc(-c2nc(Br)c3n2CCN(C(=O)c2ccc(F)cc2C)[C@@H]3C)n1. The van der Waals surface area contributed by atoms with Gasteiger partial charge < -0.3 is 9.47 Å². The van der Waals surface area contributed by atoms with Crippen LogP contribution < -0.4 is 0 Å². The summed E-state index contributed by atoms with van der Waals surface area (Å²) in [5.41, 5.74) is 2.08. The van der Waals surface area contributed by atoms with Crippen LogP contribution in [0.25, 0.3) is 10.8 Å². The van der Waals surface area contributed by atoms with Crippen molar-refractivity contribution in [1.29, 1.82) is 0 Å². The molecule has 1 aliphatic rings. The summed E-state index contributed by atoms with van der Waals surface area (Å²) in [7, 11) is 0. The van der Waals surface area contributed by atoms with E-state index in [2.05, 4.69) is 34.8 Å². The number of aromatic nitrogens is 4. The number of imidazole rings is 1. The summed E-state index contributed by atoms with van der Waals surface area (Å²) < 4.78 is 20.4. The molecule has 0 radical (unpaired) electrons. The Kier molecular flexibility index (Phi) is 4.59. The summed E-state index contributed by atoms with van der Waals surface area (Å²) in [6.07, 6.45) is 0. The normalized spacial score (nSPS) is 16.5. The van der Waals surface area contributed by atoms with E-state index in [0.717, 1.165) is 22.4 Å². The van der Waals surface area contributed by atoms with E-state index in [1.54, 1.807) is 17.9 Å². The van der Waals surface area contributed by atoms with Gasteiger partial charge in [0.05, 0.1) is 11.7 Å². The van der Waals surface area contributed by atoms with Crippen LogP contribution in [0, 0.1) is 19.7 Å². The largest absolute Gasteiger partial charge is 0.328 e. The van der Waals surface area contributed by atoms with Gasteiger partial charge in [0.25, 0.3) is 5.91 Å². The summed E-state index contributed by atoms with van der Waals surface area (Å²) >= 11 is 4.86. The number of halogens is 2. The van der Waals surface area contributed by atoms with Gasteiger partial charge in [-0.3, -0.25) is 4.79 Å². The Morgan fingerprint density at radius 1 is 1.30 bits per heavy atom. The molecule has 1 aliphatic heterocycles. The van der Waals surface area contributed by atoms with Gasteiger partial charge in [-0.1, -0.05) is 0 Å². The third-order valence-electron chi connectivity index (χ3n) is 4.79. The second kappa shape index (κ2) is 6.79. The average Bonchev–Trinajstić information content (AvgIpc) is 3.18. The van der Waals surface area contributed by atoms with Crippen LogP contribution in [0.4, 0.5) is 4.39 Å². The molecule has 0 saturated heterocycles. The molecule has 9 heteroatoms. The van der Waals surface area contributed by atoms with E-state index >= 15 is 0 Å². The molecule has 0 N–H and O–H groups in total. The Balaban J connectivity index is 1.70. The van der Waals surface area contributed by atoms with Crippen molar-refractivity contribution in [2.45, 2.75) is 33.4 Å². The lowest BCUT2D eigenvalue weighted by atomic mass is 10.0. The van der Waals surface area contributed by atoms with Gasteiger partial charge in [0.1, 0.15) is 16.2 Å². The fourth-order valence-electron chi connectivity index (χ4n) is 3.46. The number of hydrogen-bond donors (Lipinski definition) is 0. The minimum absolute atomic E-state index is 0.104. The molecule has 3 heterocycles. The van der Waals surface area contributed by atoms with Crippen LogP contribution in [0.2, 0.25) is 0 Å². The van der Waals surface area contributed by atoms with Crippen molar-refractivity contribution in [3.8, 4) is 10.8 Å². The van der Waals surface area contributed by atoms with Gasteiger partial charge >= 0.3 is 0 Å². The van der Waals surface area contributed by atoms with E-state index in [4.69, 9.17) is 0 Å². The third-order valence-corrected chi connectivity index (χ3v) is 6.17. The number of carbonyl (C=O) groups excluding carboxylic acids is 1. The van der Waals surface area contributed by atoms with Crippen molar-refractivity contribution in [3.63, 3.8) is 0 Å². The number of amides is 1. The first-order valence-electron chi connectivity index (χ1n) is 8.50. The van der Waals surface area contributed by atoms with E-state index in [1.165, 1.54) is 23.7 Å². The quantitative estimate of drug-likeness (QED) is 0.589. The van der Waals surface area contributed by atoms with Crippen molar-refractivity contribution < 1.29 is 9.18 Å². The lowest BCUT2D eigenvalue weighted by Gasteiger charge is -2.35. The maximum absolute atomic E-state index is 13.4. The summed E-state index contributed by atoms with van der Waals surface area (Å²) in [6, 6.07) is 4.08. The fourth-order valence-corrected chi connectivity index (χ4v) is 4.84. The minimum Gasteiger partial charge on any atom is -0.328 e. The van der Waals surface area contributed by atoms with Crippen LogP contribution in [0.5, 0.6) is 0 Å². The highest BCUT2D eigenvalue weighted by atomic mass is 79.9. The smallest absolute Gasteiger partial charge is 0.254 e. The third kappa shape index (κ3) is 3.08. The molecule has 1 atom stereocenters. The summed E-state index contributed by atoms with van der Waals surface area (Å²) in [5.74, 6) is 1.04. The number of fused-ring (bicyclic) bond motifs is 1. The molecule has 0 aliphatic carbocycles. The predicted molar refractivity (Wildman–Crippen MR) is 104 cm³/mol. The lowest BCUT2D eigenvalue weighted by Crippen LogP contribution is -2.41. The first-order valence-corrected chi connectivity index (χ1v) is 10.1. The Bertz CT molecular complexity index is 1050. The monoisotopic (exact) mass is 449 g/mol. The number of aryl methyl sites for hydroxylation is 2. The van der Waals surface area contributed by atoms with Gasteiger partial charge in [-0.25, -0.2) is 14.4 Å². The van der Waals surface area contributed by atoms with Crippen LogP contribution in [0.15, 0.2) is 22.8 Å². The number of hydrogen-bond acceptors (Lipinski definition) is 5. The first kappa shape index (κ1) is 18.2. The number of benzene rings is 1. The maximum Gasteiger partial charge on any atom is 0.254 e. The highest BCUT2D eigenvalue weighted by Crippen LogP contribution is 2.36. The zero-order valence-electron chi connectivity index (χ0n) is 15.0. The van der Waals surface area contributed by atoms with Crippen molar-refractivity contribution in [2.24, 2.45) is 0 Å². The van der Waals surface area contributed by atoms with Crippen molar-refractivity contribution in [2.75, 3.05) is 6.54 Å². The van der Waals surface area contributed by atoms with Gasteiger partial charge in [0, 0.05) is 18.7 Å². The maximum atomic E-state index is 13.4. The highest BCUT2D eigenvalue weighted by molar-refractivity contribution is 9.10. The van der Waals surface area contributed by atoms with Crippen molar-refractivity contribution >= 4 is 33.4 Å². The Morgan fingerprint density at radius 2 is 2.07 bits per heavy atom. The molecular weight excluding hydrogens is 433 g/mol. The molecule has 140 valence electrons. The average molecular weight is 450 g/mol. The molecule has 1 amide bonds. The second-order valence-electron chi connectivity index (χ2n) is 6.54. The van der Waals surface area contributed by atoms with Gasteiger partial charge in [-0.15, -0.1) is 0 Å². The molecule has 0 fully saturated rings. The summed E-state index contributed by atoms with van der Waals surface area (Å²) in [4.78, 5) is 23.9. The van der Waals surface area contributed by atoms with Crippen LogP contribution in [0.1, 0.15) is 40.4 Å². The summed E-state index contributed by atoms with van der Waals surface area (Å²) in [5, 5.41) is 0.765. The Labute approximate surface area is 168 Å². The number of carbonyl (C=O) groups is 1. The summed E-state index contributed by atoms with van der Waals surface area (Å²) in [6.45, 7) is 6.73. The van der Waals surface area contributed by atoms with Crippen molar-refractivity contribution in [1.82, 2.24) is 23.8 Å². The minimum atomic E-state index is -0.339. The van der Waals surface area contributed by atoms with Crippen molar-refractivity contribution in [3.05, 3.63) is 51.3 Å². The molecule has 0 bridgehead atoms. The lowest BCUT2D eigenvalue weighted by molar-refractivity contribution is 0.0643. The first-order chi connectivity index (χ1) is 12.9. The van der Waals surface area contributed by atoms with Crippen LogP contribution in [-0.4, -0.2) is 36.3 Å². The predicted octanol–water partition coefficient (Wildman–Crippen LogP) is 4.14. The van der Waals surface area contributed by atoms with Crippen LogP contribution in [-0.2, 0) is 6.54 Å². The molecule has 4 rings (SSSR count). The Morgan fingerprint density at radius 3 is 2.74 bits per heavy atom. The van der Waals surface area contributed by atoms with E-state index in [0.29, 0.717) is 28.8 Å². The molecule has 0 spiro atoms. The van der Waals surface area contributed by atoms with Gasteiger partial charge in [-0.05, 0) is 72.0 Å². The molecule has 0 saturated carbocycles.